The normalized spacial score (nSPS) is 19.4. The molecule has 2 aromatic rings. The fourth-order valence-electron chi connectivity index (χ4n) is 3.69. The summed E-state index contributed by atoms with van der Waals surface area (Å²) in [6, 6.07) is 15.1. The van der Waals surface area contributed by atoms with Gasteiger partial charge in [-0.1, -0.05) is 36.4 Å². The lowest BCUT2D eigenvalue weighted by Crippen LogP contribution is -2.48. The smallest absolute Gasteiger partial charge is 0.225 e. The zero-order valence-electron chi connectivity index (χ0n) is 15.9. The molecule has 1 N–H and O–H groups in total. The lowest BCUT2D eigenvalue weighted by atomic mass is 9.83. The highest BCUT2D eigenvalue weighted by atomic mass is 19.1. The predicted molar refractivity (Wildman–Crippen MR) is 104 cm³/mol. The highest BCUT2D eigenvalue weighted by molar-refractivity contribution is 5.85. The van der Waals surface area contributed by atoms with Gasteiger partial charge in [0.2, 0.25) is 11.8 Å². The molecule has 1 saturated heterocycles. The number of nitrogens with zero attached hydrogens (tertiary/aromatic N) is 1. The van der Waals surface area contributed by atoms with Crippen LogP contribution in [0.3, 0.4) is 0 Å². The number of amides is 2. The van der Waals surface area contributed by atoms with Crippen LogP contribution < -0.4 is 10.1 Å². The number of carbonyl (C=O) groups excluding carboxylic acids is 2. The van der Waals surface area contributed by atoms with Gasteiger partial charge in [0, 0.05) is 18.5 Å². The average molecular weight is 384 g/mol. The van der Waals surface area contributed by atoms with Crippen molar-refractivity contribution in [1.82, 2.24) is 10.2 Å². The van der Waals surface area contributed by atoms with E-state index in [1.165, 1.54) is 6.07 Å². The van der Waals surface area contributed by atoms with Gasteiger partial charge in [-0.3, -0.25) is 9.59 Å². The van der Waals surface area contributed by atoms with Crippen molar-refractivity contribution >= 4 is 11.8 Å². The summed E-state index contributed by atoms with van der Waals surface area (Å²) in [6.45, 7) is 2.95. The number of halogens is 1. The third kappa shape index (κ3) is 4.50. The van der Waals surface area contributed by atoms with Crippen LogP contribution in [-0.2, 0) is 9.59 Å². The second-order valence-corrected chi connectivity index (χ2v) is 6.74. The number of benzene rings is 2. The molecule has 0 aliphatic carbocycles. The van der Waals surface area contributed by atoms with Gasteiger partial charge < -0.3 is 15.0 Å². The van der Waals surface area contributed by atoms with Crippen LogP contribution in [0.2, 0.25) is 0 Å². The zero-order valence-corrected chi connectivity index (χ0v) is 15.9. The van der Waals surface area contributed by atoms with Crippen molar-refractivity contribution in [3.63, 3.8) is 0 Å². The van der Waals surface area contributed by atoms with Crippen LogP contribution in [0, 0.1) is 11.7 Å². The molecular weight excluding hydrogens is 359 g/mol. The molecule has 1 aliphatic rings. The Kier molecular flexibility index (Phi) is 6.63. The highest BCUT2D eigenvalue weighted by Crippen LogP contribution is 2.37. The third-order valence-corrected chi connectivity index (χ3v) is 5.02. The molecule has 5 nitrogen and oxygen atoms in total. The number of hydrogen-bond donors (Lipinski definition) is 1. The van der Waals surface area contributed by atoms with Gasteiger partial charge in [-0.15, -0.1) is 0 Å². The van der Waals surface area contributed by atoms with Crippen molar-refractivity contribution in [2.24, 2.45) is 5.92 Å². The average Bonchev–Trinajstić information content (AvgIpc) is 2.72. The summed E-state index contributed by atoms with van der Waals surface area (Å²) in [5.74, 6) is -0.387. The van der Waals surface area contributed by atoms with Gasteiger partial charge in [-0.05, 0) is 31.5 Å². The Balaban J connectivity index is 1.68. The summed E-state index contributed by atoms with van der Waals surface area (Å²) in [7, 11) is 0. The number of rotatable bonds is 7. The molecule has 0 saturated carbocycles. The van der Waals surface area contributed by atoms with Crippen LogP contribution in [0.1, 0.15) is 31.4 Å². The fourth-order valence-corrected chi connectivity index (χ4v) is 3.69. The minimum absolute atomic E-state index is 0.0489. The Morgan fingerprint density at radius 3 is 2.61 bits per heavy atom. The number of piperidine rings is 1. The van der Waals surface area contributed by atoms with E-state index in [0.29, 0.717) is 31.7 Å². The van der Waals surface area contributed by atoms with Gasteiger partial charge in [0.15, 0.2) is 0 Å². The number of para-hydroxylation sites is 1. The van der Waals surface area contributed by atoms with Crippen LogP contribution >= 0.6 is 0 Å². The summed E-state index contributed by atoms with van der Waals surface area (Å²) in [5.41, 5.74) is 0.387. The van der Waals surface area contributed by atoms with Crippen LogP contribution in [0.5, 0.6) is 5.75 Å². The maximum atomic E-state index is 14.5. The van der Waals surface area contributed by atoms with Crippen molar-refractivity contribution in [3.8, 4) is 5.75 Å². The first-order chi connectivity index (χ1) is 13.6. The second-order valence-electron chi connectivity index (χ2n) is 6.74. The van der Waals surface area contributed by atoms with E-state index in [-0.39, 0.29) is 18.2 Å². The Labute approximate surface area is 164 Å². The molecule has 1 aliphatic heterocycles. The molecule has 0 aromatic heterocycles. The van der Waals surface area contributed by atoms with Crippen molar-refractivity contribution in [3.05, 3.63) is 66.0 Å². The Morgan fingerprint density at radius 1 is 1.18 bits per heavy atom. The Morgan fingerprint density at radius 2 is 1.89 bits per heavy atom. The molecule has 6 heteroatoms. The summed E-state index contributed by atoms with van der Waals surface area (Å²) < 4.78 is 20.0. The van der Waals surface area contributed by atoms with E-state index in [1.807, 2.05) is 37.3 Å². The van der Waals surface area contributed by atoms with E-state index in [9.17, 15) is 14.0 Å². The minimum atomic E-state index is -0.595. The second kappa shape index (κ2) is 9.35. The van der Waals surface area contributed by atoms with Crippen LogP contribution in [0.25, 0.3) is 0 Å². The number of likely N-dealkylation sites (tertiary alicyclic amines) is 1. The molecule has 0 spiro atoms. The molecule has 0 radical (unpaired) electrons. The largest absolute Gasteiger partial charge is 0.492 e. The molecule has 0 bridgehead atoms. The molecule has 1 heterocycles. The highest BCUT2D eigenvalue weighted by Gasteiger charge is 2.40. The molecule has 148 valence electrons. The summed E-state index contributed by atoms with van der Waals surface area (Å²) in [5, 5.41) is 2.88. The molecule has 28 heavy (non-hydrogen) atoms. The maximum absolute atomic E-state index is 14.5. The lowest BCUT2D eigenvalue weighted by Gasteiger charge is -2.40. The topological polar surface area (TPSA) is 58.6 Å². The first-order valence-electron chi connectivity index (χ1n) is 9.61. The van der Waals surface area contributed by atoms with Crippen molar-refractivity contribution in [1.29, 1.82) is 0 Å². The molecule has 0 unspecified atom stereocenters. The first kappa shape index (κ1) is 19.9. The van der Waals surface area contributed by atoms with E-state index >= 15 is 0 Å². The van der Waals surface area contributed by atoms with Crippen LogP contribution in [-0.4, -0.2) is 36.4 Å². The number of nitrogens with one attached hydrogen (secondary N) is 1. The monoisotopic (exact) mass is 384 g/mol. The standard InChI is InChI=1S/C22H25FN2O3/c1-2-25-20(26)13-12-18(21(25)17-10-6-7-11-19(17)23)22(27)24-14-15-28-16-8-4-3-5-9-16/h3-11,18,21H,2,12-15H2,1H3,(H,24,27)/t18-,21+/m1/s1. The minimum Gasteiger partial charge on any atom is -0.492 e. The van der Waals surface area contributed by atoms with E-state index in [0.717, 1.165) is 5.75 Å². The molecule has 2 atom stereocenters. The van der Waals surface area contributed by atoms with Crippen LogP contribution in [0.4, 0.5) is 4.39 Å². The fraction of sp³-hybridized carbons (Fsp3) is 0.364. The van der Waals surface area contributed by atoms with E-state index < -0.39 is 17.8 Å². The summed E-state index contributed by atoms with van der Waals surface area (Å²) in [4.78, 5) is 26.8. The van der Waals surface area contributed by atoms with Crippen LogP contribution in [0.15, 0.2) is 54.6 Å². The number of hydrogen-bond acceptors (Lipinski definition) is 3. The van der Waals surface area contributed by atoms with Crippen molar-refractivity contribution in [2.75, 3.05) is 19.7 Å². The van der Waals surface area contributed by atoms with E-state index in [1.54, 1.807) is 23.1 Å². The van der Waals surface area contributed by atoms with Gasteiger partial charge in [0.25, 0.3) is 0 Å². The predicted octanol–water partition coefficient (Wildman–Crippen LogP) is 3.32. The lowest BCUT2D eigenvalue weighted by molar-refractivity contribution is -0.143. The van der Waals surface area contributed by atoms with Gasteiger partial charge in [0.05, 0.1) is 18.5 Å². The third-order valence-electron chi connectivity index (χ3n) is 5.02. The molecular formula is C22H25FN2O3. The zero-order chi connectivity index (χ0) is 19.9. The molecule has 2 aromatic carbocycles. The van der Waals surface area contributed by atoms with E-state index in [2.05, 4.69) is 5.32 Å². The van der Waals surface area contributed by atoms with Crippen molar-refractivity contribution in [2.45, 2.75) is 25.8 Å². The van der Waals surface area contributed by atoms with Gasteiger partial charge in [-0.25, -0.2) is 4.39 Å². The Bertz CT molecular complexity index is 812. The summed E-state index contributed by atoms with van der Waals surface area (Å²) >= 11 is 0. The SMILES string of the molecule is CCN1C(=O)CC[C@@H](C(=O)NCCOc2ccccc2)[C@@H]1c1ccccc1F. The number of carbonyl (C=O) groups is 2. The number of ether oxygens (including phenoxy) is 1. The molecule has 2 amide bonds. The van der Waals surface area contributed by atoms with Gasteiger partial charge in [0.1, 0.15) is 18.2 Å². The van der Waals surface area contributed by atoms with Gasteiger partial charge in [-0.2, -0.15) is 0 Å². The quantitative estimate of drug-likeness (QED) is 0.745. The molecule has 1 fully saturated rings. The molecule has 3 rings (SSSR count). The van der Waals surface area contributed by atoms with Gasteiger partial charge >= 0.3 is 0 Å². The summed E-state index contributed by atoms with van der Waals surface area (Å²) in [6.07, 6.45) is 0.692. The Hall–Kier alpha value is -2.89. The van der Waals surface area contributed by atoms with Crippen molar-refractivity contribution < 1.29 is 18.7 Å². The maximum Gasteiger partial charge on any atom is 0.225 e. The first-order valence-corrected chi connectivity index (χ1v) is 9.61. The van der Waals surface area contributed by atoms with E-state index in [4.69, 9.17) is 4.74 Å².